The van der Waals surface area contributed by atoms with Crippen LogP contribution in [0, 0.1) is 0 Å². The first kappa shape index (κ1) is 18.8. The molecule has 3 rings (SSSR count). The minimum absolute atomic E-state index is 0.0694. The molecule has 142 valence electrons. The number of imide groups is 1. The van der Waals surface area contributed by atoms with Crippen molar-refractivity contribution in [3.05, 3.63) is 59.5 Å². The van der Waals surface area contributed by atoms with Gasteiger partial charge in [0.2, 0.25) is 5.91 Å². The monoisotopic (exact) mass is 370 g/mol. The highest BCUT2D eigenvalue weighted by Crippen LogP contribution is 2.22. The van der Waals surface area contributed by atoms with Gasteiger partial charge in [0.15, 0.2) is 0 Å². The summed E-state index contributed by atoms with van der Waals surface area (Å²) < 4.78 is 10.4. The molecule has 3 amide bonds. The van der Waals surface area contributed by atoms with Gasteiger partial charge in [0, 0.05) is 26.6 Å². The molecule has 0 N–H and O–H groups in total. The number of fused-ring (bicyclic) bond motifs is 1. The van der Waals surface area contributed by atoms with Crippen molar-refractivity contribution in [2.24, 2.45) is 0 Å². The molecule has 7 heteroatoms. The molecule has 2 heterocycles. The van der Waals surface area contributed by atoms with Crippen LogP contribution in [0.4, 0.5) is 0 Å². The fourth-order valence-corrected chi connectivity index (χ4v) is 3.07. The summed E-state index contributed by atoms with van der Waals surface area (Å²) in [6, 6.07) is 10.4. The Kier molecular flexibility index (Phi) is 6.03. The summed E-state index contributed by atoms with van der Waals surface area (Å²) in [5.41, 5.74) is 0.849. The van der Waals surface area contributed by atoms with E-state index < -0.39 is 0 Å². The van der Waals surface area contributed by atoms with Gasteiger partial charge in [-0.05, 0) is 30.7 Å². The van der Waals surface area contributed by atoms with Crippen molar-refractivity contribution in [3.63, 3.8) is 0 Å². The molecule has 0 fully saturated rings. The van der Waals surface area contributed by atoms with Crippen LogP contribution in [0.15, 0.2) is 47.1 Å². The van der Waals surface area contributed by atoms with Gasteiger partial charge in [0.25, 0.3) is 11.8 Å². The van der Waals surface area contributed by atoms with E-state index in [1.807, 2.05) is 6.07 Å². The van der Waals surface area contributed by atoms with E-state index >= 15 is 0 Å². The summed E-state index contributed by atoms with van der Waals surface area (Å²) in [4.78, 5) is 40.1. The van der Waals surface area contributed by atoms with Gasteiger partial charge in [-0.15, -0.1) is 0 Å². The molecule has 0 radical (unpaired) electrons. The number of furan rings is 1. The molecule has 0 aliphatic carbocycles. The zero-order chi connectivity index (χ0) is 19.2. The Morgan fingerprint density at radius 1 is 1.11 bits per heavy atom. The van der Waals surface area contributed by atoms with Crippen LogP contribution in [-0.2, 0) is 16.1 Å². The lowest BCUT2D eigenvalue weighted by Gasteiger charge is -2.22. The highest BCUT2D eigenvalue weighted by Gasteiger charge is 2.34. The Morgan fingerprint density at radius 2 is 1.81 bits per heavy atom. The second-order valence-corrected chi connectivity index (χ2v) is 6.30. The van der Waals surface area contributed by atoms with E-state index in [4.69, 9.17) is 9.15 Å². The molecule has 0 unspecified atom stereocenters. The molecule has 2 aromatic rings. The molecule has 7 nitrogen and oxygen atoms in total. The molecule has 27 heavy (non-hydrogen) atoms. The first-order valence-electron chi connectivity index (χ1n) is 8.86. The maximum Gasteiger partial charge on any atom is 0.261 e. The predicted molar refractivity (Wildman–Crippen MR) is 97.0 cm³/mol. The third kappa shape index (κ3) is 4.25. The summed E-state index contributed by atoms with van der Waals surface area (Å²) >= 11 is 0. The fraction of sp³-hybridized carbons (Fsp3) is 0.350. The molecule has 1 aromatic heterocycles. The average Bonchev–Trinajstić information content (AvgIpc) is 3.27. The highest BCUT2D eigenvalue weighted by atomic mass is 16.5. The van der Waals surface area contributed by atoms with E-state index in [1.165, 1.54) is 4.90 Å². The minimum Gasteiger partial charge on any atom is -0.467 e. The molecule has 1 aromatic carbocycles. The van der Waals surface area contributed by atoms with Crippen molar-refractivity contribution in [1.29, 1.82) is 0 Å². The minimum atomic E-state index is -0.296. The lowest BCUT2D eigenvalue weighted by atomic mass is 10.1. The number of benzene rings is 1. The predicted octanol–water partition coefficient (Wildman–Crippen LogP) is 2.33. The topological polar surface area (TPSA) is 80.1 Å². The molecule has 1 aliphatic heterocycles. The number of ether oxygens (including phenoxy) is 1. The van der Waals surface area contributed by atoms with Gasteiger partial charge in [-0.25, -0.2) is 0 Å². The molecule has 0 bridgehead atoms. The SMILES string of the molecule is COCCN(Cc1ccco1)C(=O)CCCN1C(=O)c2ccccc2C1=O. The van der Waals surface area contributed by atoms with Gasteiger partial charge in [0.1, 0.15) is 5.76 Å². The van der Waals surface area contributed by atoms with Gasteiger partial charge >= 0.3 is 0 Å². The van der Waals surface area contributed by atoms with Crippen LogP contribution in [0.25, 0.3) is 0 Å². The first-order valence-corrected chi connectivity index (χ1v) is 8.86. The number of hydrogen-bond donors (Lipinski definition) is 0. The lowest BCUT2D eigenvalue weighted by molar-refractivity contribution is -0.132. The third-order valence-corrected chi connectivity index (χ3v) is 4.50. The average molecular weight is 370 g/mol. The zero-order valence-corrected chi connectivity index (χ0v) is 15.2. The van der Waals surface area contributed by atoms with Crippen molar-refractivity contribution in [2.45, 2.75) is 19.4 Å². The summed E-state index contributed by atoms with van der Waals surface area (Å²) in [5, 5.41) is 0. The van der Waals surface area contributed by atoms with E-state index in [0.717, 1.165) is 0 Å². The van der Waals surface area contributed by atoms with Crippen LogP contribution in [0.2, 0.25) is 0 Å². The van der Waals surface area contributed by atoms with Crippen LogP contribution in [0.3, 0.4) is 0 Å². The van der Waals surface area contributed by atoms with Gasteiger partial charge in [0.05, 0.1) is 30.5 Å². The second-order valence-electron chi connectivity index (χ2n) is 6.30. The van der Waals surface area contributed by atoms with Gasteiger partial charge in [-0.2, -0.15) is 0 Å². The largest absolute Gasteiger partial charge is 0.467 e. The number of nitrogens with zero attached hydrogens (tertiary/aromatic N) is 2. The van der Waals surface area contributed by atoms with Crippen LogP contribution in [0.5, 0.6) is 0 Å². The van der Waals surface area contributed by atoms with E-state index in [1.54, 1.807) is 48.6 Å². The highest BCUT2D eigenvalue weighted by molar-refractivity contribution is 6.21. The number of amides is 3. The van der Waals surface area contributed by atoms with Crippen LogP contribution < -0.4 is 0 Å². The van der Waals surface area contributed by atoms with Crippen molar-refractivity contribution < 1.29 is 23.5 Å². The third-order valence-electron chi connectivity index (χ3n) is 4.50. The second kappa shape index (κ2) is 8.64. The first-order chi connectivity index (χ1) is 13.1. The molecule has 0 saturated carbocycles. The lowest BCUT2D eigenvalue weighted by Crippen LogP contribution is -2.35. The van der Waals surface area contributed by atoms with Crippen LogP contribution >= 0.6 is 0 Å². The van der Waals surface area contributed by atoms with Gasteiger partial charge < -0.3 is 14.1 Å². The smallest absolute Gasteiger partial charge is 0.261 e. The number of carbonyl (C=O) groups excluding carboxylic acids is 3. The summed E-state index contributed by atoms with van der Waals surface area (Å²) in [6.07, 6.45) is 2.21. The van der Waals surface area contributed by atoms with E-state index in [9.17, 15) is 14.4 Å². The molecule has 0 spiro atoms. The van der Waals surface area contributed by atoms with Crippen molar-refractivity contribution >= 4 is 17.7 Å². The Balaban J connectivity index is 1.55. The summed E-state index contributed by atoms with van der Waals surface area (Å²) in [6.45, 7) is 1.45. The number of hydrogen-bond acceptors (Lipinski definition) is 5. The Hall–Kier alpha value is -2.93. The van der Waals surface area contributed by atoms with Crippen LogP contribution in [-0.4, -0.2) is 54.3 Å². The maximum atomic E-state index is 12.6. The van der Waals surface area contributed by atoms with Gasteiger partial charge in [-0.1, -0.05) is 12.1 Å². The van der Waals surface area contributed by atoms with Crippen molar-refractivity contribution in [1.82, 2.24) is 9.80 Å². The number of methoxy groups -OCH3 is 1. The Morgan fingerprint density at radius 3 is 2.41 bits per heavy atom. The van der Waals surface area contributed by atoms with Gasteiger partial charge in [-0.3, -0.25) is 19.3 Å². The van der Waals surface area contributed by atoms with E-state index in [2.05, 4.69) is 0 Å². The number of carbonyl (C=O) groups is 3. The maximum absolute atomic E-state index is 12.6. The quantitative estimate of drug-likeness (QED) is 0.633. The molecular formula is C20H22N2O5. The summed E-state index contributed by atoms with van der Waals surface area (Å²) in [7, 11) is 1.58. The van der Waals surface area contributed by atoms with Crippen LogP contribution in [0.1, 0.15) is 39.3 Å². The standard InChI is InChI=1S/C20H22N2O5/c1-26-13-11-21(14-15-6-5-12-27-15)18(23)9-4-10-22-19(24)16-7-2-3-8-17(16)20(22)25/h2-3,5-8,12H,4,9-11,13-14H2,1H3. The van der Waals surface area contributed by atoms with Crippen molar-refractivity contribution in [2.75, 3.05) is 26.8 Å². The molecule has 0 atom stereocenters. The summed E-state index contributed by atoms with van der Waals surface area (Å²) in [5.74, 6) is 0.0320. The molecule has 1 aliphatic rings. The normalized spacial score (nSPS) is 13.1. The Labute approximate surface area is 157 Å². The fourth-order valence-electron chi connectivity index (χ4n) is 3.07. The van der Waals surface area contributed by atoms with Crippen molar-refractivity contribution in [3.8, 4) is 0 Å². The molecule has 0 saturated heterocycles. The molecular weight excluding hydrogens is 348 g/mol. The zero-order valence-electron chi connectivity index (χ0n) is 15.2. The Bertz CT molecular complexity index is 781. The number of rotatable bonds is 9. The van der Waals surface area contributed by atoms with E-state index in [0.29, 0.717) is 43.0 Å². The van der Waals surface area contributed by atoms with E-state index in [-0.39, 0.29) is 30.7 Å².